The van der Waals surface area contributed by atoms with Crippen molar-refractivity contribution in [2.24, 2.45) is 5.92 Å². The van der Waals surface area contributed by atoms with E-state index in [4.69, 9.17) is 23.2 Å². The summed E-state index contributed by atoms with van der Waals surface area (Å²) in [5.41, 5.74) is 3.02. The Balaban J connectivity index is 1.62. The Bertz CT molecular complexity index is 763. The smallest absolute Gasteiger partial charge is 0.228 e. The van der Waals surface area contributed by atoms with Crippen LogP contribution in [-0.4, -0.2) is 23.9 Å². The molecular formula is C20H22Cl2N2O. The van der Waals surface area contributed by atoms with Gasteiger partial charge in [0.2, 0.25) is 5.91 Å². The van der Waals surface area contributed by atoms with Gasteiger partial charge in [0.25, 0.3) is 0 Å². The van der Waals surface area contributed by atoms with Crippen molar-refractivity contribution in [1.82, 2.24) is 4.90 Å². The summed E-state index contributed by atoms with van der Waals surface area (Å²) in [7, 11) is 0. The number of piperidine rings is 1. The zero-order valence-electron chi connectivity index (χ0n) is 14.3. The Kier molecular flexibility index (Phi) is 6.00. The highest BCUT2D eigenvalue weighted by Crippen LogP contribution is 2.25. The molecule has 1 fully saturated rings. The minimum absolute atomic E-state index is 0.000526. The van der Waals surface area contributed by atoms with Crippen molar-refractivity contribution in [3.8, 4) is 0 Å². The van der Waals surface area contributed by atoms with E-state index in [0.717, 1.165) is 49.3 Å². The first-order chi connectivity index (χ1) is 12.0. The first-order valence-electron chi connectivity index (χ1n) is 8.55. The number of anilines is 1. The SMILES string of the molecule is Cc1ccccc1NC(=O)[C@H]1CCCN(Cc2ccc(Cl)cc2Cl)C1. The van der Waals surface area contributed by atoms with Gasteiger partial charge in [-0.25, -0.2) is 0 Å². The van der Waals surface area contributed by atoms with Crippen LogP contribution in [0, 0.1) is 12.8 Å². The van der Waals surface area contributed by atoms with E-state index in [2.05, 4.69) is 10.2 Å². The third-order valence-corrected chi connectivity index (χ3v) is 5.28. The number of nitrogens with zero attached hydrogens (tertiary/aromatic N) is 1. The molecule has 3 rings (SSSR count). The van der Waals surface area contributed by atoms with Crippen molar-refractivity contribution in [2.75, 3.05) is 18.4 Å². The second-order valence-corrected chi connectivity index (χ2v) is 7.46. The van der Waals surface area contributed by atoms with Gasteiger partial charge in [0.05, 0.1) is 5.92 Å². The molecule has 0 spiro atoms. The maximum atomic E-state index is 12.6. The van der Waals surface area contributed by atoms with E-state index in [0.29, 0.717) is 10.0 Å². The van der Waals surface area contributed by atoms with Gasteiger partial charge in [-0.05, 0) is 55.6 Å². The number of hydrogen-bond donors (Lipinski definition) is 1. The summed E-state index contributed by atoms with van der Waals surface area (Å²) in [6.45, 7) is 4.47. The molecule has 1 N–H and O–H groups in total. The number of nitrogens with one attached hydrogen (secondary N) is 1. The summed E-state index contributed by atoms with van der Waals surface area (Å²) in [5.74, 6) is 0.0978. The fourth-order valence-corrected chi connectivity index (χ4v) is 3.72. The molecule has 1 aliphatic heterocycles. The van der Waals surface area contributed by atoms with Crippen molar-refractivity contribution < 1.29 is 4.79 Å². The first-order valence-corrected chi connectivity index (χ1v) is 9.31. The van der Waals surface area contributed by atoms with Crippen LogP contribution >= 0.6 is 23.2 Å². The molecule has 0 saturated carbocycles. The molecule has 2 aromatic rings. The van der Waals surface area contributed by atoms with Gasteiger partial charge in [-0.1, -0.05) is 47.5 Å². The standard InChI is InChI=1S/C20H22Cl2N2O/c1-14-5-2-3-7-19(14)23-20(25)16-6-4-10-24(13-16)12-15-8-9-17(21)11-18(15)22/h2-3,5,7-9,11,16H,4,6,10,12-13H2,1H3,(H,23,25)/t16-/m0/s1. The Labute approximate surface area is 158 Å². The van der Waals surface area contributed by atoms with Crippen molar-refractivity contribution in [1.29, 1.82) is 0 Å². The average Bonchev–Trinajstić information content (AvgIpc) is 2.60. The third kappa shape index (κ3) is 4.75. The molecule has 5 heteroatoms. The lowest BCUT2D eigenvalue weighted by molar-refractivity contribution is -0.121. The molecule has 0 aliphatic carbocycles. The van der Waals surface area contributed by atoms with Crippen molar-refractivity contribution in [2.45, 2.75) is 26.3 Å². The predicted octanol–water partition coefficient (Wildman–Crippen LogP) is 5.15. The molecule has 0 bridgehead atoms. The Hall–Kier alpha value is -1.55. The number of rotatable bonds is 4. The van der Waals surface area contributed by atoms with Gasteiger partial charge in [-0.2, -0.15) is 0 Å². The van der Waals surface area contributed by atoms with Crippen LogP contribution in [-0.2, 0) is 11.3 Å². The average molecular weight is 377 g/mol. The van der Waals surface area contributed by atoms with Crippen molar-refractivity contribution in [3.05, 3.63) is 63.6 Å². The molecule has 1 saturated heterocycles. The molecule has 0 radical (unpaired) electrons. The molecule has 1 heterocycles. The molecular weight excluding hydrogens is 355 g/mol. The van der Waals surface area contributed by atoms with Crippen LogP contribution in [0.5, 0.6) is 0 Å². The fraction of sp³-hybridized carbons (Fsp3) is 0.350. The number of carbonyl (C=O) groups is 1. The van der Waals surface area contributed by atoms with Crippen molar-refractivity contribution >= 4 is 34.8 Å². The predicted molar refractivity (Wildman–Crippen MR) is 104 cm³/mol. The van der Waals surface area contributed by atoms with Crippen LogP contribution < -0.4 is 5.32 Å². The largest absolute Gasteiger partial charge is 0.326 e. The number of amides is 1. The first kappa shape index (κ1) is 18.2. The van der Waals surface area contributed by atoms with Crippen LogP contribution in [0.15, 0.2) is 42.5 Å². The minimum atomic E-state index is -0.000526. The van der Waals surface area contributed by atoms with E-state index in [9.17, 15) is 4.79 Å². The molecule has 25 heavy (non-hydrogen) atoms. The monoisotopic (exact) mass is 376 g/mol. The fourth-order valence-electron chi connectivity index (χ4n) is 3.25. The molecule has 1 amide bonds. The van der Waals surface area contributed by atoms with Crippen LogP contribution in [0.1, 0.15) is 24.0 Å². The number of hydrogen-bond acceptors (Lipinski definition) is 2. The normalized spacial score (nSPS) is 18.1. The number of aryl methyl sites for hydroxylation is 1. The van der Waals surface area contributed by atoms with Gasteiger partial charge in [-0.3, -0.25) is 9.69 Å². The highest BCUT2D eigenvalue weighted by molar-refractivity contribution is 6.35. The molecule has 0 aromatic heterocycles. The quantitative estimate of drug-likeness (QED) is 0.799. The van der Waals surface area contributed by atoms with Crippen LogP contribution in [0.25, 0.3) is 0 Å². The van der Waals surface area contributed by atoms with E-state index >= 15 is 0 Å². The van der Waals surface area contributed by atoms with Crippen LogP contribution in [0.2, 0.25) is 10.0 Å². The number of halogens is 2. The van der Waals surface area contributed by atoms with Gasteiger partial charge in [0.15, 0.2) is 0 Å². The third-order valence-electron chi connectivity index (χ3n) is 4.69. The number of benzene rings is 2. The Morgan fingerprint density at radius 1 is 1.24 bits per heavy atom. The highest BCUT2D eigenvalue weighted by atomic mass is 35.5. The van der Waals surface area contributed by atoms with E-state index < -0.39 is 0 Å². The molecule has 1 aliphatic rings. The van der Waals surface area contributed by atoms with E-state index in [1.807, 2.05) is 43.3 Å². The maximum Gasteiger partial charge on any atom is 0.228 e. The summed E-state index contributed by atoms with van der Waals surface area (Å²) in [5, 5.41) is 4.40. The van der Waals surface area contributed by atoms with Crippen molar-refractivity contribution in [3.63, 3.8) is 0 Å². The summed E-state index contributed by atoms with van der Waals surface area (Å²) >= 11 is 12.2. The van der Waals surface area contributed by atoms with Crippen LogP contribution in [0.3, 0.4) is 0 Å². The number of para-hydroxylation sites is 1. The van der Waals surface area contributed by atoms with E-state index in [-0.39, 0.29) is 11.8 Å². The molecule has 3 nitrogen and oxygen atoms in total. The van der Waals surface area contributed by atoms with Gasteiger partial charge < -0.3 is 5.32 Å². The lowest BCUT2D eigenvalue weighted by Gasteiger charge is -2.32. The Morgan fingerprint density at radius 3 is 2.80 bits per heavy atom. The highest BCUT2D eigenvalue weighted by Gasteiger charge is 2.26. The zero-order chi connectivity index (χ0) is 17.8. The Morgan fingerprint density at radius 2 is 2.04 bits per heavy atom. The van der Waals surface area contributed by atoms with Crippen LogP contribution in [0.4, 0.5) is 5.69 Å². The molecule has 0 unspecified atom stereocenters. The van der Waals surface area contributed by atoms with Gasteiger partial charge in [0, 0.05) is 28.8 Å². The lowest BCUT2D eigenvalue weighted by atomic mass is 9.96. The molecule has 2 aromatic carbocycles. The second-order valence-electron chi connectivity index (χ2n) is 6.61. The number of likely N-dealkylation sites (tertiary alicyclic amines) is 1. The summed E-state index contributed by atoms with van der Waals surface area (Å²) < 4.78 is 0. The minimum Gasteiger partial charge on any atom is -0.326 e. The summed E-state index contributed by atoms with van der Waals surface area (Å²) in [6.07, 6.45) is 1.93. The van der Waals surface area contributed by atoms with Gasteiger partial charge in [0.1, 0.15) is 0 Å². The van der Waals surface area contributed by atoms with E-state index in [1.54, 1.807) is 6.07 Å². The van der Waals surface area contributed by atoms with Gasteiger partial charge in [-0.15, -0.1) is 0 Å². The summed E-state index contributed by atoms with van der Waals surface area (Å²) in [6, 6.07) is 13.5. The maximum absolute atomic E-state index is 12.6. The lowest BCUT2D eigenvalue weighted by Crippen LogP contribution is -2.40. The number of carbonyl (C=O) groups excluding carboxylic acids is 1. The summed E-state index contributed by atoms with van der Waals surface area (Å²) in [4.78, 5) is 14.9. The van der Waals surface area contributed by atoms with Gasteiger partial charge >= 0.3 is 0 Å². The second kappa shape index (κ2) is 8.22. The zero-order valence-corrected chi connectivity index (χ0v) is 15.8. The van der Waals surface area contributed by atoms with E-state index in [1.165, 1.54) is 0 Å². The molecule has 132 valence electrons. The molecule has 1 atom stereocenters. The topological polar surface area (TPSA) is 32.3 Å².